The molecule has 0 unspecified atom stereocenters. The molecule has 0 atom stereocenters. The van der Waals surface area contributed by atoms with Crippen molar-refractivity contribution in [3.8, 4) is 5.75 Å². The molecule has 15 heavy (non-hydrogen) atoms. The zero-order valence-electron chi connectivity index (χ0n) is 7.70. The highest BCUT2D eigenvalue weighted by atomic mass is 32.2. The van der Waals surface area contributed by atoms with Gasteiger partial charge in [-0.15, -0.1) is 0 Å². The van der Waals surface area contributed by atoms with Gasteiger partial charge in [-0.3, -0.25) is 4.18 Å². The minimum absolute atomic E-state index is 0.237. The van der Waals surface area contributed by atoms with Crippen LogP contribution in [-0.4, -0.2) is 19.8 Å². The summed E-state index contributed by atoms with van der Waals surface area (Å²) in [4.78, 5) is 0. The summed E-state index contributed by atoms with van der Waals surface area (Å²) in [6.07, 6.45) is 0.800. The summed E-state index contributed by atoms with van der Waals surface area (Å²) < 4.78 is 51.1. The summed E-state index contributed by atoms with van der Waals surface area (Å²) in [6.45, 7) is -0.585. The number of hydrogen-bond acceptors (Lipinski definition) is 4. The quantitative estimate of drug-likeness (QED) is 0.802. The molecule has 0 heterocycles. The summed E-state index contributed by atoms with van der Waals surface area (Å²) in [5.41, 5.74) is -0.237. The van der Waals surface area contributed by atoms with E-state index < -0.39 is 34.1 Å². The van der Waals surface area contributed by atoms with Crippen molar-refractivity contribution in [2.24, 2.45) is 0 Å². The Kier molecular flexibility index (Phi) is 3.25. The largest absolute Gasteiger partial charge is 0.503 e. The lowest BCUT2D eigenvalue weighted by atomic mass is 10.2. The van der Waals surface area contributed by atoms with E-state index in [1.54, 1.807) is 0 Å². The summed E-state index contributed by atoms with van der Waals surface area (Å²) in [5.74, 6) is -3.49. The van der Waals surface area contributed by atoms with Crippen LogP contribution in [0.2, 0.25) is 0 Å². The van der Waals surface area contributed by atoms with Crippen LogP contribution in [-0.2, 0) is 20.9 Å². The Morgan fingerprint density at radius 1 is 1.40 bits per heavy atom. The van der Waals surface area contributed by atoms with Gasteiger partial charge in [-0.2, -0.15) is 8.42 Å². The minimum atomic E-state index is -3.70. The first-order valence-electron chi connectivity index (χ1n) is 3.81. The van der Waals surface area contributed by atoms with Gasteiger partial charge in [-0.25, -0.2) is 8.78 Å². The molecule has 0 radical (unpaired) electrons. The van der Waals surface area contributed by atoms with E-state index in [9.17, 15) is 17.2 Å². The molecule has 1 rings (SSSR count). The number of phenols is 1. The highest BCUT2D eigenvalue weighted by molar-refractivity contribution is 7.85. The summed E-state index contributed by atoms with van der Waals surface area (Å²) >= 11 is 0. The van der Waals surface area contributed by atoms with E-state index in [0.717, 1.165) is 18.4 Å². The Balaban J connectivity index is 2.93. The Labute approximate surface area is 85.2 Å². The van der Waals surface area contributed by atoms with Gasteiger partial charge < -0.3 is 5.11 Å². The first-order chi connectivity index (χ1) is 6.81. The lowest BCUT2D eigenvalue weighted by Gasteiger charge is -2.04. The monoisotopic (exact) mass is 238 g/mol. The normalized spacial score (nSPS) is 11.7. The third kappa shape index (κ3) is 3.14. The van der Waals surface area contributed by atoms with Crippen molar-refractivity contribution >= 4 is 10.1 Å². The van der Waals surface area contributed by atoms with E-state index in [4.69, 9.17) is 5.11 Å². The Bertz CT molecular complexity index is 470. The Hall–Kier alpha value is -1.21. The molecule has 0 aromatic heterocycles. The fourth-order valence-corrected chi connectivity index (χ4v) is 1.21. The highest BCUT2D eigenvalue weighted by Crippen LogP contribution is 2.23. The highest BCUT2D eigenvalue weighted by Gasteiger charge is 2.13. The number of halogens is 2. The Morgan fingerprint density at radius 3 is 2.53 bits per heavy atom. The van der Waals surface area contributed by atoms with Crippen LogP contribution in [0.4, 0.5) is 8.78 Å². The summed E-state index contributed by atoms with van der Waals surface area (Å²) in [7, 11) is -3.70. The molecular weight excluding hydrogens is 230 g/mol. The predicted molar refractivity (Wildman–Crippen MR) is 47.7 cm³/mol. The van der Waals surface area contributed by atoms with Crippen LogP contribution in [0.1, 0.15) is 5.56 Å². The molecule has 0 bridgehead atoms. The first-order valence-corrected chi connectivity index (χ1v) is 5.63. The van der Waals surface area contributed by atoms with Crippen LogP contribution in [0.15, 0.2) is 12.1 Å². The van der Waals surface area contributed by atoms with E-state index in [1.165, 1.54) is 0 Å². The van der Waals surface area contributed by atoms with Crippen molar-refractivity contribution in [1.82, 2.24) is 0 Å². The van der Waals surface area contributed by atoms with E-state index in [2.05, 4.69) is 4.18 Å². The van der Waals surface area contributed by atoms with Crippen LogP contribution < -0.4 is 0 Å². The first kappa shape index (κ1) is 11.9. The minimum Gasteiger partial charge on any atom is -0.503 e. The van der Waals surface area contributed by atoms with Gasteiger partial charge >= 0.3 is 0 Å². The number of phenolic OH excluding ortho intramolecular Hbond substituents is 1. The summed E-state index contributed by atoms with van der Waals surface area (Å²) in [6, 6.07) is 1.81. The molecule has 0 aliphatic heterocycles. The van der Waals surface area contributed by atoms with Crippen LogP contribution in [0.25, 0.3) is 0 Å². The molecule has 0 amide bonds. The molecule has 0 saturated carbocycles. The van der Waals surface area contributed by atoms with E-state index >= 15 is 0 Å². The smallest absolute Gasteiger partial charge is 0.264 e. The van der Waals surface area contributed by atoms with Crippen LogP contribution in [0.3, 0.4) is 0 Å². The van der Waals surface area contributed by atoms with Gasteiger partial charge in [0.1, 0.15) is 0 Å². The zero-order chi connectivity index (χ0) is 11.6. The SMILES string of the molecule is CS(=O)(=O)OCc1ccc(F)c(O)c1F. The van der Waals surface area contributed by atoms with Gasteiger partial charge in [0.2, 0.25) is 0 Å². The van der Waals surface area contributed by atoms with Crippen molar-refractivity contribution in [3.63, 3.8) is 0 Å². The fraction of sp³-hybridized carbons (Fsp3) is 0.250. The maximum Gasteiger partial charge on any atom is 0.264 e. The molecule has 7 heteroatoms. The van der Waals surface area contributed by atoms with Gasteiger partial charge in [0.25, 0.3) is 10.1 Å². The second kappa shape index (κ2) is 4.11. The van der Waals surface area contributed by atoms with Crippen LogP contribution in [0.5, 0.6) is 5.75 Å². The number of aromatic hydroxyl groups is 1. The van der Waals surface area contributed by atoms with E-state index in [-0.39, 0.29) is 5.56 Å². The molecule has 0 aliphatic rings. The maximum atomic E-state index is 13.1. The standard InChI is InChI=1S/C8H8F2O4S/c1-15(12,13)14-4-5-2-3-6(9)8(11)7(5)10/h2-3,11H,4H2,1H3. The second-order valence-electron chi connectivity index (χ2n) is 2.84. The lowest BCUT2D eigenvalue weighted by Crippen LogP contribution is -2.04. The third-order valence-electron chi connectivity index (χ3n) is 1.58. The van der Waals surface area contributed by atoms with E-state index in [1.807, 2.05) is 0 Å². The van der Waals surface area contributed by atoms with Crippen LogP contribution >= 0.6 is 0 Å². The average Bonchev–Trinajstić information content (AvgIpc) is 2.12. The number of benzene rings is 1. The number of rotatable bonds is 3. The molecule has 1 aromatic rings. The van der Waals surface area contributed by atoms with Crippen molar-refractivity contribution < 1.29 is 26.5 Å². The topological polar surface area (TPSA) is 63.6 Å². The molecule has 1 aromatic carbocycles. The molecule has 0 spiro atoms. The average molecular weight is 238 g/mol. The molecule has 1 N–H and O–H groups in total. The zero-order valence-corrected chi connectivity index (χ0v) is 8.51. The van der Waals surface area contributed by atoms with Crippen LogP contribution in [0, 0.1) is 11.6 Å². The number of hydrogen-bond donors (Lipinski definition) is 1. The van der Waals surface area contributed by atoms with Gasteiger partial charge in [-0.1, -0.05) is 6.07 Å². The fourth-order valence-electron chi connectivity index (χ4n) is 0.865. The van der Waals surface area contributed by atoms with E-state index in [0.29, 0.717) is 0 Å². The molecule has 84 valence electrons. The maximum absolute atomic E-state index is 13.1. The van der Waals surface area contributed by atoms with Gasteiger partial charge in [0, 0.05) is 5.56 Å². The van der Waals surface area contributed by atoms with Gasteiger partial charge in [0.05, 0.1) is 12.9 Å². The van der Waals surface area contributed by atoms with Gasteiger partial charge in [0.15, 0.2) is 17.4 Å². The molecular formula is C8H8F2O4S. The third-order valence-corrected chi connectivity index (χ3v) is 2.12. The predicted octanol–water partition coefficient (Wildman–Crippen LogP) is 1.15. The molecule has 0 fully saturated rings. The second-order valence-corrected chi connectivity index (χ2v) is 4.48. The lowest BCUT2D eigenvalue weighted by molar-refractivity contribution is 0.301. The van der Waals surface area contributed by atoms with Gasteiger partial charge in [-0.05, 0) is 6.07 Å². The molecule has 4 nitrogen and oxygen atoms in total. The van der Waals surface area contributed by atoms with Crippen molar-refractivity contribution in [2.75, 3.05) is 6.26 Å². The van der Waals surface area contributed by atoms with Crippen molar-refractivity contribution in [2.45, 2.75) is 6.61 Å². The Morgan fingerprint density at radius 2 is 2.00 bits per heavy atom. The summed E-state index contributed by atoms with van der Waals surface area (Å²) in [5, 5.41) is 8.86. The molecule has 0 saturated heterocycles. The van der Waals surface area contributed by atoms with Crippen molar-refractivity contribution in [1.29, 1.82) is 0 Å². The molecule has 0 aliphatic carbocycles. The van der Waals surface area contributed by atoms with Crippen molar-refractivity contribution in [3.05, 3.63) is 29.3 Å².